The monoisotopic (exact) mass is 333 g/mol. The van der Waals surface area contributed by atoms with Crippen LogP contribution in [0.25, 0.3) is 0 Å². The normalized spacial score (nSPS) is 23.2. The molecule has 0 unspecified atom stereocenters. The van der Waals surface area contributed by atoms with E-state index < -0.39 is 21.9 Å². The summed E-state index contributed by atoms with van der Waals surface area (Å²) in [7, 11) is -2.41. The molecule has 116 valence electrons. The first kappa shape index (κ1) is 16.1. The number of rotatable bonds is 4. The summed E-state index contributed by atoms with van der Waals surface area (Å²) in [6.07, 6.45) is 0. The zero-order chi connectivity index (χ0) is 15.8. The summed E-state index contributed by atoms with van der Waals surface area (Å²) in [5.41, 5.74) is 0. The minimum Gasteiger partial charge on any atom is -0.497 e. The quantitative estimate of drug-likeness (QED) is 0.906. The molecule has 1 aromatic rings. The van der Waals surface area contributed by atoms with Gasteiger partial charge >= 0.3 is 5.97 Å². The first-order valence-corrected chi connectivity index (χ1v) is 8.15. The Morgan fingerprint density at radius 3 is 2.62 bits per heavy atom. The Balaban J connectivity index is 2.38. The number of carboxylic acid groups (broad SMARTS) is 1. The molecular formula is C13H16ClNO5S. The van der Waals surface area contributed by atoms with Gasteiger partial charge < -0.3 is 9.84 Å². The predicted molar refractivity (Wildman–Crippen MR) is 77.1 cm³/mol. The minimum atomic E-state index is -3.84. The van der Waals surface area contributed by atoms with Gasteiger partial charge in [-0.05, 0) is 18.1 Å². The fourth-order valence-electron chi connectivity index (χ4n) is 2.39. The lowest BCUT2D eigenvalue weighted by Crippen LogP contribution is -2.30. The number of hydrogen-bond donors (Lipinski definition) is 1. The Morgan fingerprint density at radius 2 is 2.10 bits per heavy atom. The molecule has 0 aliphatic carbocycles. The maximum absolute atomic E-state index is 12.6. The van der Waals surface area contributed by atoms with Crippen molar-refractivity contribution in [1.29, 1.82) is 0 Å². The Kier molecular flexibility index (Phi) is 4.46. The zero-order valence-corrected chi connectivity index (χ0v) is 13.2. The molecule has 2 rings (SSSR count). The van der Waals surface area contributed by atoms with Crippen LogP contribution < -0.4 is 4.74 Å². The van der Waals surface area contributed by atoms with Crippen molar-refractivity contribution >= 4 is 27.6 Å². The molecule has 2 atom stereocenters. The number of sulfonamides is 1. The Bertz CT molecular complexity index is 661. The van der Waals surface area contributed by atoms with Gasteiger partial charge in [-0.25, -0.2) is 8.42 Å². The molecule has 1 N–H and O–H groups in total. The third kappa shape index (κ3) is 3.00. The van der Waals surface area contributed by atoms with Crippen molar-refractivity contribution in [2.75, 3.05) is 20.2 Å². The van der Waals surface area contributed by atoms with Gasteiger partial charge in [0.25, 0.3) is 0 Å². The van der Waals surface area contributed by atoms with Crippen LogP contribution >= 0.6 is 11.6 Å². The van der Waals surface area contributed by atoms with Gasteiger partial charge in [-0.2, -0.15) is 4.31 Å². The van der Waals surface area contributed by atoms with Gasteiger partial charge in [0.05, 0.1) is 18.1 Å². The first-order valence-electron chi connectivity index (χ1n) is 6.34. The van der Waals surface area contributed by atoms with Crippen molar-refractivity contribution in [2.45, 2.75) is 11.8 Å². The lowest BCUT2D eigenvalue weighted by Gasteiger charge is -2.17. The van der Waals surface area contributed by atoms with E-state index in [-0.39, 0.29) is 28.9 Å². The molecule has 0 spiro atoms. The molecule has 1 aliphatic rings. The molecule has 0 bridgehead atoms. The molecule has 0 amide bonds. The van der Waals surface area contributed by atoms with E-state index in [1.807, 2.05) is 0 Å². The van der Waals surface area contributed by atoms with Crippen molar-refractivity contribution in [3.05, 3.63) is 23.2 Å². The van der Waals surface area contributed by atoms with Crippen molar-refractivity contribution < 1.29 is 23.1 Å². The Morgan fingerprint density at radius 1 is 1.43 bits per heavy atom. The van der Waals surface area contributed by atoms with E-state index in [0.717, 1.165) is 4.31 Å². The number of methoxy groups -OCH3 is 1. The van der Waals surface area contributed by atoms with Gasteiger partial charge in [-0.15, -0.1) is 0 Å². The van der Waals surface area contributed by atoms with Gasteiger partial charge in [-0.3, -0.25) is 4.79 Å². The van der Waals surface area contributed by atoms with Crippen molar-refractivity contribution in [2.24, 2.45) is 11.8 Å². The number of carboxylic acids is 1. The summed E-state index contributed by atoms with van der Waals surface area (Å²) >= 11 is 5.97. The topological polar surface area (TPSA) is 83.9 Å². The van der Waals surface area contributed by atoms with E-state index in [2.05, 4.69) is 0 Å². The largest absolute Gasteiger partial charge is 0.497 e. The van der Waals surface area contributed by atoms with E-state index in [0.29, 0.717) is 5.75 Å². The minimum absolute atomic E-state index is 0.0492. The second-order valence-corrected chi connectivity index (χ2v) is 7.35. The molecule has 1 fully saturated rings. The highest BCUT2D eigenvalue weighted by Crippen LogP contribution is 2.33. The molecule has 1 aromatic carbocycles. The molecule has 0 radical (unpaired) electrons. The van der Waals surface area contributed by atoms with Crippen molar-refractivity contribution in [3.8, 4) is 5.75 Å². The third-order valence-electron chi connectivity index (χ3n) is 3.65. The average Bonchev–Trinajstić information content (AvgIpc) is 2.82. The average molecular weight is 334 g/mol. The molecule has 1 aliphatic heterocycles. The second-order valence-electron chi connectivity index (χ2n) is 5.04. The second kappa shape index (κ2) is 5.82. The van der Waals surface area contributed by atoms with Crippen LogP contribution in [0.2, 0.25) is 5.02 Å². The Labute approximate surface area is 128 Å². The maximum atomic E-state index is 12.6. The van der Waals surface area contributed by atoms with Crippen LogP contribution in [-0.4, -0.2) is 44.0 Å². The molecule has 1 heterocycles. The number of nitrogens with zero attached hydrogens (tertiary/aromatic N) is 1. The van der Waals surface area contributed by atoms with Gasteiger partial charge in [0.1, 0.15) is 10.6 Å². The fraction of sp³-hybridized carbons (Fsp3) is 0.462. The molecule has 0 saturated carbocycles. The van der Waals surface area contributed by atoms with Crippen LogP contribution in [0, 0.1) is 11.8 Å². The highest BCUT2D eigenvalue weighted by atomic mass is 35.5. The number of halogens is 1. The Hall–Kier alpha value is -1.31. The number of ether oxygens (including phenoxy) is 1. The maximum Gasteiger partial charge on any atom is 0.308 e. The van der Waals surface area contributed by atoms with E-state index >= 15 is 0 Å². The van der Waals surface area contributed by atoms with E-state index in [9.17, 15) is 13.2 Å². The van der Waals surface area contributed by atoms with Crippen LogP contribution in [0.4, 0.5) is 0 Å². The smallest absolute Gasteiger partial charge is 0.308 e. The number of carbonyl (C=O) groups is 1. The standard InChI is InChI=1S/C13H16ClNO5S/c1-8-6-15(7-10(8)13(16)17)21(18,19)12-5-9(20-2)3-4-11(12)14/h3-5,8,10H,6-7H2,1-2H3,(H,16,17)/t8-,10-/m1/s1. The van der Waals surface area contributed by atoms with Crippen molar-refractivity contribution in [1.82, 2.24) is 4.31 Å². The highest BCUT2D eigenvalue weighted by Gasteiger charge is 2.41. The van der Waals surface area contributed by atoms with E-state index in [1.165, 1.54) is 19.2 Å². The number of hydrogen-bond acceptors (Lipinski definition) is 4. The SMILES string of the molecule is COc1ccc(Cl)c(S(=O)(=O)N2C[C@@H](C)[C@H](C(=O)O)C2)c1. The molecule has 6 nitrogen and oxygen atoms in total. The molecule has 21 heavy (non-hydrogen) atoms. The summed E-state index contributed by atoms with van der Waals surface area (Å²) in [4.78, 5) is 11.1. The summed E-state index contributed by atoms with van der Waals surface area (Å²) in [6, 6.07) is 4.35. The van der Waals surface area contributed by atoms with Crippen LogP contribution in [0.1, 0.15) is 6.92 Å². The summed E-state index contributed by atoms with van der Waals surface area (Å²) in [5, 5.41) is 9.19. The predicted octanol–water partition coefficient (Wildman–Crippen LogP) is 1.69. The van der Waals surface area contributed by atoms with Crippen LogP contribution in [0.3, 0.4) is 0 Å². The number of benzene rings is 1. The number of aliphatic carboxylic acids is 1. The van der Waals surface area contributed by atoms with Gasteiger partial charge in [0.15, 0.2) is 0 Å². The molecule has 0 aromatic heterocycles. The fourth-order valence-corrected chi connectivity index (χ4v) is 4.44. The van der Waals surface area contributed by atoms with Crippen LogP contribution in [0.15, 0.2) is 23.1 Å². The third-order valence-corrected chi connectivity index (χ3v) is 5.97. The summed E-state index contributed by atoms with van der Waals surface area (Å²) < 4.78 is 31.4. The summed E-state index contributed by atoms with van der Waals surface area (Å²) in [5.74, 6) is -1.57. The molecule has 8 heteroatoms. The summed E-state index contributed by atoms with van der Waals surface area (Å²) in [6.45, 7) is 1.83. The first-order chi connectivity index (χ1) is 9.77. The highest BCUT2D eigenvalue weighted by molar-refractivity contribution is 7.89. The lowest BCUT2D eigenvalue weighted by molar-refractivity contribution is -0.142. The zero-order valence-electron chi connectivity index (χ0n) is 11.6. The van der Waals surface area contributed by atoms with Crippen LogP contribution in [0.5, 0.6) is 5.75 Å². The lowest BCUT2D eigenvalue weighted by atomic mass is 9.99. The van der Waals surface area contributed by atoms with E-state index in [4.69, 9.17) is 21.4 Å². The van der Waals surface area contributed by atoms with Gasteiger partial charge in [-0.1, -0.05) is 18.5 Å². The van der Waals surface area contributed by atoms with Crippen LogP contribution in [-0.2, 0) is 14.8 Å². The molecular weight excluding hydrogens is 318 g/mol. The van der Waals surface area contributed by atoms with Crippen molar-refractivity contribution in [3.63, 3.8) is 0 Å². The molecule has 1 saturated heterocycles. The van der Waals surface area contributed by atoms with E-state index in [1.54, 1.807) is 13.0 Å². The van der Waals surface area contributed by atoms with Gasteiger partial charge in [0.2, 0.25) is 10.0 Å². The van der Waals surface area contributed by atoms with Gasteiger partial charge in [0, 0.05) is 19.2 Å².